The second-order valence-electron chi connectivity index (χ2n) is 5.76. The predicted octanol–water partition coefficient (Wildman–Crippen LogP) is 2.19. The largest absolute Gasteiger partial charge is 0.495 e. The van der Waals surface area contributed by atoms with Gasteiger partial charge in [-0.3, -0.25) is 19.3 Å². The summed E-state index contributed by atoms with van der Waals surface area (Å²) in [5, 5.41) is 5.51. The van der Waals surface area contributed by atoms with E-state index in [0.29, 0.717) is 22.6 Å². The lowest BCUT2D eigenvalue weighted by molar-refractivity contribution is -0.119. The molecule has 2 aromatic rings. The fraction of sp³-hybridized carbons (Fsp3) is 0.158. The second-order valence-corrected chi connectivity index (χ2v) is 6.17. The third kappa shape index (κ3) is 3.95. The van der Waals surface area contributed by atoms with Gasteiger partial charge in [-0.15, -0.1) is 0 Å². The van der Waals surface area contributed by atoms with Crippen molar-refractivity contribution < 1.29 is 19.1 Å². The van der Waals surface area contributed by atoms with E-state index in [0.717, 1.165) is 4.90 Å². The summed E-state index contributed by atoms with van der Waals surface area (Å²) in [7, 11) is 1.53. The van der Waals surface area contributed by atoms with Gasteiger partial charge in [0.2, 0.25) is 5.91 Å². The molecule has 0 saturated carbocycles. The number of benzene rings is 2. The molecule has 0 atom stereocenters. The minimum Gasteiger partial charge on any atom is -0.495 e. The molecule has 0 radical (unpaired) electrons. The Kier molecular flexibility index (Phi) is 5.46. The highest BCUT2D eigenvalue weighted by Crippen LogP contribution is 2.23. The van der Waals surface area contributed by atoms with Gasteiger partial charge in [0.15, 0.2) is 5.11 Å². The third-order valence-corrected chi connectivity index (χ3v) is 4.25. The van der Waals surface area contributed by atoms with E-state index in [1.807, 2.05) is 6.07 Å². The average Bonchev–Trinajstić information content (AvgIpc) is 2.91. The molecule has 3 rings (SSSR count). The third-order valence-electron chi connectivity index (χ3n) is 4.05. The van der Waals surface area contributed by atoms with E-state index in [-0.39, 0.29) is 18.1 Å². The molecule has 0 spiro atoms. The molecule has 2 aromatic carbocycles. The van der Waals surface area contributed by atoms with Gasteiger partial charge in [-0.05, 0) is 36.5 Å². The van der Waals surface area contributed by atoms with Crippen LogP contribution in [0.5, 0.6) is 5.75 Å². The van der Waals surface area contributed by atoms with Crippen LogP contribution >= 0.6 is 12.2 Å². The molecule has 7 nitrogen and oxygen atoms in total. The number of para-hydroxylation sites is 2. The first-order valence-electron chi connectivity index (χ1n) is 8.20. The van der Waals surface area contributed by atoms with Crippen molar-refractivity contribution in [1.29, 1.82) is 0 Å². The summed E-state index contributed by atoms with van der Waals surface area (Å²) in [5.41, 5.74) is 1.33. The maximum absolute atomic E-state index is 12.3. The van der Waals surface area contributed by atoms with E-state index in [4.69, 9.17) is 17.0 Å². The Balaban J connectivity index is 1.54. The highest BCUT2D eigenvalue weighted by Gasteiger charge is 2.34. The molecule has 3 amide bonds. The molecule has 0 unspecified atom stereocenters. The van der Waals surface area contributed by atoms with Gasteiger partial charge < -0.3 is 15.4 Å². The summed E-state index contributed by atoms with van der Waals surface area (Å²) < 4.78 is 5.20. The van der Waals surface area contributed by atoms with Crippen molar-refractivity contribution in [2.75, 3.05) is 19.0 Å². The molecular weight excluding hydrogens is 366 g/mol. The number of imide groups is 1. The monoisotopic (exact) mass is 383 g/mol. The number of ether oxygens (including phenoxy) is 1. The van der Waals surface area contributed by atoms with Crippen LogP contribution in [0.4, 0.5) is 5.69 Å². The van der Waals surface area contributed by atoms with E-state index in [2.05, 4.69) is 10.6 Å². The zero-order valence-electron chi connectivity index (χ0n) is 14.5. The highest BCUT2D eigenvalue weighted by atomic mass is 32.1. The van der Waals surface area contributed by atoms with Crippen LogP contribution in [-0.2, 0) is 4.79 Å². The molecule has 138 valence electrons. The predicted molar refractivity (Wildman–Crippen MR) is 104 cm³/mol. The Morgan fingerprint density at radius 1 is 1.04 bits per heavy atom. The van der Waals surface area contributed by atoms with Crippen molar-refractivity contribution in [2.45, 2.75) is 6.42 Å². The minimum absolute atomic E-state index is 0.0184. The summed E-state index contributed by atoms with van der Waals surface area (Å²) in [6.07, 6.45) is -0.0563. The van der Waals surface area contributed by atoms with Gasteiger partial charge in [-0.2, -0.15) is 0 Å². The van der Waals surface area contributed by atoms with E-state index < -0.39 is 17.7 Å². The topological polar surface area (TPSA) is 87.7 Å². The van der Waals surface area contributed by atoms with E-state index in [9.17, 15) is 14.4 Å². The van der Waals surface area contributed by atoms with E-state index in [1.165, 1.54) is 7.11 Å². The molecular formula is C19H17N3O4S. The number of hydrogen-bond donors (Lipinski definition) is 2. The highest BCUT2D eigenvalue weighted by molar-refractivity contribution is 7.80. The zero-order chi connectivity index (χ0) is 19.4. The number of amides is 3. The lowest BCUT2D eigenvalue weighted by atomic mass is 10.1. The van der Waals surface area contributed by atoms with Crippen LogP contribution < -0.4 is 15.4 Å². The zero-order valence-corrected chi connectivity index (χ0v) is 15.3. The Bertz CT molecular complexity index is 894. The normalized spacial score (nSPS) is 12.6. The van der Waals surface area contributed by atoms with Crippen molar-refractivity contribution in [3.63, 3.8) is 0 Å². The first-order valence-corrected chi connectivity index (χ1v) is 8.61. The van der Waals surface area contributed by atoms with Gasteiger partial charge >= 0.3 is 0 Å². The van der Waals surface area contributed by atoms with Crippen LogP contribution in [0.25, 0.3) is 0 Å². The molecule has 0 aliphatic carbocycles. The molecule has 0 fully saturated rings. The molecule has 1 aliphatic rings. The maximum atomic E-state index is 12.3. The fourth-order valence-electron chi connectivity index (χ4n) is 2.75. The Morgan fingerprint density at radius 3 is 2.26 bits per heavy atom. The number of nitrogens with zero attached hydrogens (tertiary/aromatic N) is 1. The van der Waals surface area contributed by atoms with Crippen molar-refractivity contribution in [3.05, 3.63) is 59.7 Å². The Hall–Kier alpha value is -3.26. The van der Waals surface area contributed by atoms with Crippen LogP contribution in [0, 0.1) is 0 Å². The quantitative estimate of drug-likeness (QED) is 0.608. The minimum atomic E-state index is -0.404. The molecule has 27 heavy (non-hydrogen) atoms. The van der Waals surface area contributed by atoms with Gasteiger partial charge in [-0.1, -0.05) is 24.3 Å². The van der Waals surface area contributed by atoms with Crippen molar-refractivity contribution in [1.82, 2.24) is 10.2 Å². The lowest BCUT2D eigenvalue weighted by Gasteiger charge is -2.15. The number of thiocarbonyl (C=S) groups is 1. The number of carbonyl (C=O) groups excluding carboxylic acids is 3. The molecule has 1 aliphatic heterocycles. The molecule has 2 N–H and O–H groups in total. The Morgan fingerprint density at radius 2 is 1.63 bits per heavy atom. The molecule has 0 bridgehead atoms. The van der Waals surface area contributed by atoms with Crippen molar-refractivity contribution in [2.24, 2.45) is 0 Å². The number of hydrogen-bond acceptors (Lipinski definition) is 5. The summed E-state index contributed by atoms with van der Waals surface area (Å²) in [4.78, 5) is 37.7. The maximum Gasteiger partial charge on any atom is 0.261 e. The van der Waals surface area contributed by atoms with Gasteiger partial charge in [-0.25, -0.2) is 0 Å². The van der Waals surface area contributed by atoms with E-state index in [1.54, 1.807) is 42.5 Å². The summed E-state index contributed by atoms with van der Waals surface area (Å²) in [5.74, 6) is -0.602. The summed E-state index contributed by atoms with van der Waals surface area (Å²) in [6, 6.07) is 13.7. The average molecular weight is 383 g/mol. The van der Waals surface area contributed by atoms with Gasteiger partial charge in [0.1, 0.15) is 5.75 Å². The SMILES string of the molecule is COc1ccccc1NC(=S)NC(=O)CCN1C(=O)c2ccccc2C1=O. The standard InChI is InChI=1S/C19H17N3O4S/c1-26-15-9-5-4-8-14(15)20-19(27)21-16(23)10-11-22-17(24)12-6-2-3-7-13(12)18(22)25/h2-9H,10-11H2,1H3,(H2,20,21,23,27). The number of nitrogens with one attached hydrogen (secondary N) is 2. The van der Waals surface area contributed by atoms with Crippen molar-refractivity contribution in [3.8, 4) is 5.75 Å². The smallest absolute Gasteiger partial charge is 0.261 e. The number of fused-ring (bicyclic) bond motifs is 1. The van der Waals surface area contributed by atoms with Crippen LogP contribution in [-0.4, -0.2) is 41.4 Å². The van der Waals surface area contributed by atoms with Crippen LogP contribution in [0.1, 0.15) is 27.1 Å². The number of rotatable bonds is 5. The van der Waals surface area contributed by atoms with Crippen LogP contribution in [0.15, 0.2) is 48.5 Å². The van der Waals surface area contributed by atoms with Crippen LogP contribution in [0.2, 0.25) is 0 Å². The fourth-order valence-corrected chi connectivity index (χ4v) is 2.97. The number of anilines is 1. The molecule has 0 saturated heterocycles. The van der Waals surface area contributed by atoms with Gasteiger partial charge in [0.25, 0.3) is 11.8 Å². The Labute approximate surface area is 161 Å². The number of carbonyl (C=O) groups is 3. The second kappa shape index (κ2) is 7.96. The van der Waals surface area contributed by atoms with Gasteiger partial charge in [0, 0.05) is 13.0 Å². The first kappa shape index (κ1) is 18.5. The molecule has 8 heteroatoms. The summed E-state index contributed by atoms with van der Waals surface area (Å²) in [6.45, 7) is -0.0184. The molecule has 0 aromatic heterocycles. The molecule has 1 heterocycles. The van der Waals surface area contributed by atoms with Crippen LogP contribution in [0.3, 0.4) is 0 Å². The lowest BCUT2D eigenvalue weighted by Crippen LogP contribution is -2.38. The number of methoxy groups -OCH3 is 1. The van der Waals surface area contributed by atoms with Gasteiger partial charge in [0.05, 0.1) is 23.9 Å². The first-order chi connectivity index (χ1) is 13.0. The van der Waals surface area contributed by atoms with Crippen molar-refractivity contribution >= 4 is 40.7 Å². The summed E-state index contributed by atoms with van der Waals surface area (Å²) >= 11 is 5.13. The van der Waals surface area contributed by atoms with E-state index >= 15 is 0 Å².